The van der Waals surface area contributed by atoms with Gasteiger partial charge in [-0.1, -0.05) is 55.5 Å². The van der Waals surface area contributed by atoms with Gasteiger partial charge in [0.05, 0.1) is 18.7 Å². The van der Waals surface area contributed by atoms with E-state index >= 15 is 0 Å². The number of aromatic nitrogens is 1. The number of hydrogen-bond acceptors (Lipinski definition) is 5. The van der Waals surface area contributed by atoms with Crippen LogP contribution in [-0.2, 0) is 24.1 Å². The number of rotatable bonds is 10. The van der Waals surface area contributed by atoms with Crippen molar-refractivity contribution in [3.63, 3.8) is 0 Å². The summed E-state index contributed by atoms with van der Waals surface area (Å²) in [6.07, 6.45) is 3.25. The summed E-state index contributed by atoms with van der Waals surface area (Å²) in [4.78, 5) is 28.5. The molecule has 1 aliphatic rings. The minimum Gasteiger partial charge on any atom is -0.493 e. The van der Waals surface area contributed by atoms with Crippen molar-refractivity contribution in [2.75, 3.05) is 6.61 Å². The average Bonchev–Trinajstić information content (AvgIpc) is 3.52. The Morgan fingerprint density at radius 2 is 1.78 bits per heavy atom. The number of carbonyl (C=O) groups excluding carboxylic acids is 1. The standard InChI is InChI=1S/C31H29NO5/c1-2-28-27(16-17-36-25-14-15-26-23(18-25)12-13-24(26)19-29(33)34)32-31(37-28)22-10-8-21(9-11-22)30(35)20-6-4-3-5-7-20/h3-11,14-15,18,24H,2,12-13,16-17,19H2,1H3,(H,33,34)/t24-/m0/s1. The highest BCUT2D eigenvalue weighted by molar-refractivity contribution is 6.09. The van der Waals surface area contributed by atoms with Crippen LogP contribution in [0.15, 0.2) is 77.2 Å². The van der Waals surface area contributed by atoms with Crippen LogP contribution in [0.25, 0.3) is 11.5 Å². The van der Waals surface area contributed by atoms with Gasteiger partial charge in [0.15, 0.2) is 5.78 Å². The Kier molecular flexibility index (Phi) is 7.17. The van der Waals surface area contributed by atoms with Crippen LogP contribution in [0.3, 0.4) is 0 Å². The maximum absolute atomic E-state index is 12.7. The summed E-state index contributed by atoms with van der Waals surface area (Å²) in [5.74, 6) is 1.47. The van der Waals surface area contributed by atoms with Crippen LogP contribution in [0, 0.1) is 0 Å². The largest absolute Gasteiger partial charge is 0.493 e. The Bertz CT molecular complexity index is 1410. The predicted molar refractivity (Wildman–Crippen MR) is 140 cm³/mol. The van der Waals surface area contributed by atoms with Gasteiger partial charge in [-0.05, 0) is 54.2 Å². The highest BCUT2D eigenvalue weighted by Gasteiger charge is 2.25. The van der Waals surface area contributed by atoms with Gasteiger partial charge in [0.2, 0.25) is 5.89 Å². The van der Waals surface area contributed by atoms with Crippen LogP contribution in [0.5, 0.6) is 5.75 Å². The normalized spacial score (nSPS) is 14.4. The molecular formula is C31H29NO5. The van der Waals surface area contributed by atoms with Gasteiger partial charge < -0.3 is 14.3 Å². The number of ketones is 1. The average molecular weight is 496 g/mol. The molecule has 1 aliphatic carbocycles. The number of aliphatic carboxylic acids is 1. The molecule has 188 valence electrons. The molecule has 37 heavy (non-hydrogen) atoms. The maximum Gasteiger partial charge on any atom is 0.303 e. The summed E-state index contributed by atoms with van der Waals surface area (Å²) in [5, 5.41) is 9.12. The number of nitrogens with zero attached hydrogens (tertiary/aromatic N) is 1. The first-order valence-corrected chi connectivity index (χ1v) is 12.7. The Hall–Kier alpha value is -4.19. The third-order valence-corrected chi connectivity index (χ3v) is 6.87. The lowest BCUT2D eigenvalue weighted by Crippen LogP contribution is -2.05. The fraction of sp³-hybridized carbons (Fsp3) is 0.258. The van der Waals surface area contributed by atoms with Crippen molar-refractivity contribution in [1.82, 2.24) is 4.98 Å². The predicted octanol–water partition coefficient (Wildman–Crippen LogP) is 6.26. The number of carboxylic acid groups (broad SMARTS) is 1. The van der Waals surface area contributed by atoms with E-state index in [1.165, 1.54) is 5.56 Å². The lowest BCUT2D eigenvalue weighted by molar-refractivity contribution is -0.137. The lowest BCUT2D eigenvalue weighted by atomic mass is 9.98. The summed E-state index contributed by atoms with van der Waals surface area (Å²) >= 11 is 0. The van der Waals surface area contributed by atoms with Crippen molar-refractivity contribution in [1.29, 1.82) is 0 Å². The molecule has 0 unspecified atom stereocenters. The molecule has 5 rings (SSSR count). The molecule has 0 radical (unpaired) electrons. The number of ether oxygens (including phenoxy) is 1. The van der Waals surface area contributed by atoms with Crippen molar-refractivity contribution in [2.24, 2.45) is 0 Å². The van der Waals surface area contributed by atoms with Crippen molar-refractivity contribution in [3.05, 3.63) is 107 Å². The third kappa shape index (κ3) is 5.48. The van der Waals surface area contributed by atoms with E-state index in [0.717, 1.165) is 47.6 Å². The molecule has 1 heterocycles. The molecule has 1 aromatic heterocycles. The highest BCUT2D eigenvalue weighted by atomic mass is 16.5. The zero-order chi connectivity index (χ0) is 25.8. The fourth-order valence-corrected chi connectivity index (χ4v) is 4.96. The van der Waals surface area contributed by atoms with Crippen LogP contribution >= 0.6 is 0 Å². The molecule has 0 amide bonds. The molecular weight excluding hydrogens is 466 g/mol. The molecule has 1 atom stereocenters. The quantitative estimate of drug-likeness (QED) is 0.261. The number of benzene rings is 3. The molecule has 0 spiro atoms. The van der Waals surface area contributed by atoms with Crippen LogP contribution in [0.2, 0.25) is 0 Å². The van der Waals surface area contributed by atoms with Gasteiger partial charge in [-0.15, -0.1) is 0 Å². The summed E-state index contributed by atoms with van der Waals surface area (Å²) in [5.41, 5.74) is 5.27. The van der Waals surface area contributed by atoms with Crippen LogP contribution in [0.1, 0.15) is 64.2 Å². The Morgan fingerprint density at radius 1 is 1.03 bits per heavy atom. The fourth-order valence-electron chi connectivity index (χ4n) is 4.96. The molecule has 0 fully saturated rings. The second-order valence-electron chi connectivity index (χ2n) is 9.31. The first-order valence-electron chi connectivity index (χ1n) is 12.7. The smallest absolute Gasteiger partial charge is 0.303 e. The van der Waals surface area contributed by atoms with Gasteiger partial charge in [-0.25, -0.2) is 4.98 Å². The second-order valence-corrected chi connectivity index (χ2v) is 9.31. The molecule has 6 nitrogen and oxygen atoms in total. The maximum atomic E-state index is 12.7. The topological polar surface area (TPSA) is 89.6 Å². The Morgan fingerprint density at radius 3 is 2.51 bits per heavy atom. The van der Waals surface area contributed by atoms with Gasteiger partial charge in [-0.2, -0.15) is 0 Å². The number of fused-ring (bicyclic) bond motifs is 1. The zero-order valence-corrected chi connectivity index (χ0v) is 20.8. The molecule has 4 aromatic rings. The monoisotopic (exact) mass is 495 g/mol. The van der Waals surface area contributed by atoms with E-state index < -0.39 is 5.97 Å². The number of carbonyl (C=O) groups is 2. The number of oxazole rings is 1. The summed E-state index contributed by atoms with van der Waals surface area (Å²) < 4.78 is 12.1. The van der Waals surface area contributed by atoms with Gasteiger partial charge >= 0.3 is 5.97 Å². The van der Waals surface area contributed by atoms with Gasteiger partial charge in [-0.3, -0.25) is 9.59 Å². The highest BCUT2D eigenvalue weighted by Crippen LogP contribution is 2.37. The summed E-state index contributed by atoms with van der Waals surface area (Å²) in [7, 11) is 0. The molecule has 6 heteroatoms. The van der Waals surface area contributed by atoms with Crippen molar-refractivity contribution in [2.45, 2.75) is 44.9 Å². The second kappa shape index (κ2) is 10.8. The van der Waals surface area contributed by atoms with Crippen molar-refractivity contribution >= 4 is 11.8 Å². The minimum atomic E-state index is -0.756. The summed E-state index contributed by atoms with van der Waals surface area (Å²) in [6.45, 7) is 2.49. The van der Waals surface area contributed by atoms with Gasteiger partial charge in [0, 0.05) is 29.5 Å². The van der Waals surface area contributed by atoms with Gasteiger partial charge in [0.1, 0.15) is 11.5 Å². The first-order chi connectivity index (χ1) is 18.0. The van der Waals surface area contributed by atoms with E-state index in [0.29, 0.717) is 30.0 Å². The molecule has 0 bridgehead atoms. The first kappa shape index (κ1) is 24.5. The molecule has 0 aliphatic heterocycles. The van der Waals surface area contributed by atoms with Crippen molar-refractivity contribution < 1.29 is 23.8 Å². The Balaban J connectivity index is 1.23. The van der Waals surface area contributed by atoms with E-state index in [-0.39, 0.29) is 18.1 Å². The van der Waals surface area contributed by atoms with E-state index in [1.807, 2.05) is 67.6 Å². The number of hydrogen-bond donors (Lipinski definition) is 1. The van der Waals surface area contributed by atoms with Gasteiger partial charge in [0.25, 0.3) is 0 Å². The van der Waals surface area contributed by atoms with E-state index in [1.54, 1.807) is 12.1 Å². The third-order valence-electron chi connectivity index (χ3n) is 6.87. The van der Waals surface area contributed by atoms with Crippen LogP contribution < -0.4 is 4.74 Å². The lowest BCUT2D eigenvalue weighted by Gasteiger charge is -2.10. The molecule has 0 saturated heterocycles. The minimum absolute atomic E-state index is 0.0180. The van der Waals surface area contributed by atoms with E-state index in [2.05, 4.69) is 0 Å². The van der Waals surface area contributed by atoms with Crippen LogP contribution in [-0.4, -0.2) is 28.4 Å². The zero-order valence-electron chi connectivity index (χ0n) is 20.8. The van der Waals surface area contributed by atoms with Crippen LogP contribution in [0.4, 0.5) is 0 Å². The molecule has 0 saturated carbocycles. The summed E-state index contributed by atoms with van der Waals surface area (Å²) in [6, 6.07) is 22.5. The van der Waals surface area contributed by atoms with E-state index in [4.69, 9.17) is 19.2 Å². The molecule has 3 aromatic carbocycles. The molecule has 1 N–H and O–H groups in total. The number of carboxylic acids is 1. The SMILES string of the molecule is CCc1oc(-c2ccc(C(=O)c3ccccc3)cc2)nc1CCOc1ccc2c(c1)CC[C@H]2CC(=O)O. The van der Waals surface area contributed by atoms with Crippen molar-refractivity contribution in [3.8, 4) is 17.2 Å². The Labute approximate surface area is 215 Å². The van der Waals surface area contributed by atoms with E-state index in [9.17, 15) is 9.59 Å². The number of aryl methyl sites for hydroxylation is 2.